The van der Waals surface area contributed by atoms with Gasteiger partial charge in [0.1, 0.15) is 0 Å². The molecule has 3 atom stereocenters. The molecule has 3 heteroatoms. The fraction of sp³-hybridized carbons (Fsp3) is 1.00. The third-order valence-corrected chi connectivity index (χ3v) is 4.35. The molecule has 1 saturated carbocycles. The van der Waals surface area contributed by atoms with E-state index in [2.05, 4.69) is 19.2 Å². The van der Waals surface area contributed by atoms with E-state index >= 15 is 0 Å². The molecule has 1 N–H and O–H groups in total. The second-order valence-corrected chi connectivity index (χ2v) is 5.74. The summed E-state index contributed by atoms with van der Waals surface area (Å²) in [5, 5.41) is 3.79. The van der Waals surface area contributed by atoms with E-state index in [0.717, 1.165) is 26.1 Å². The van der Waals surface area contributed by atoms with Crippen molar-refractivity contribution in [2.24, 2.45) is 5.41 Å². The quantitative estimate of drug-likeness (QED) is 0.799. The fourth-order valence-electron chi connectivity index (χ4n) is 2.92. The van der Waals surface area contributed by atoms with Gasteiger partial charge in [0.15, 0.2) is 0 Å². The van der Waals surface area contributed by atoms with E-state index in [4.69, 9.17) is 9.47 Å². The van der Waals surface area contributed by atoms with Crippen molar-refractivity contribution in [2.45, 2.75) is 57.7 Å². The molecular formula is C13H25NO2. The lowest BCUT2D eigenvalue weighted by molar-refractivity contribution is -0.101. The highest BCUT2D eigenvalue weighted by atomic mass is 16.5. The van der Waals surface area contributed by atoms with Crippen LogP contribution in [0.15, 0.2) is 0 Å². The normalized spacial score (nSPS) is 38.8. The van der Waals surface area contributed by atoms with Crippen molar-refractivity contribution in [3.8, 4) is 0 Å². The maximum atomic E-state index is 5.49. The number of hydrogen-bond donors (Lipinski definition) is 1. The van der Waals surface area contributed by atoms with Crippen molar-refractivity contribution in [1.82, 2.24) is 5.32 Å². The standard InChI is InChI=1S/C13H25NO2/c1-13(2)11(9-12(13)15-3)14-10-5-4-7-16-8-6-10/h10-12,14H,4-9H2,1-3H3. The minimum Gasteiger partial charge on any atom is -0.381 e. The van der Waals surface area contributed by atoms with E-state index in [0.29, 0.717) is 18.2 Å². The van der Waals surface area contributed by atoms with Gasteiger partial charge in [-0.25, -0.2) is 0 Å². The van der Waals surface area contributed by atoms with Gasteiger partial charge in [0, 0.05) is 37.8 Å². The Balaban J connectivity index is 1.81. The van der Waals surface area contributed by atoms with Crippen molar-refractivity contribution in [2.75, 3.05) is 20.3 Å². The van der Waals surface area contributed by atoms with Crippen LogP contribution in [0.5, 0.6) is 0 Å². The van der Waals surface area contributed by atoms with Crippen LogP contribution in [0.2, 0.25) is 0 Å². The summed E-state index contributed by atoms with van der Waals surface area (Å²) in [5.74, 6) is 0. The first-order valence-electron chi connectivity index (χ1n) is 6.51. The first-order chi connectivity index (χ1) is 7.64. The Kier molecular flexibility index (Phi) is 3.88. The molecule has 1 aliphatic heterocycles. The molecule has 2 fully saturated rings. The number of rotatable bonds is 3. The summed E-state index contributed by atoms with van der Waals surface area (Å²) < 4.78 is 11.0. The molecule has 0 spiro atoms. The zero-order valence-corrected chi connectivity index (χ0v) is 10.8. The Labute approximate surface area is 98.9 Å². The highest BCUT2D eigenvalue weighted by molar-refractivity contribution is 5.03. The predicted molar refractivity (Wildman–Crippen MR) is 64.6 cm³/mol. The Morgan fingerprint density at radius 1 is 1.25 bits per heavy atom. The van der Waals surface area contributed by atoms with E-state index in [-0.39, 0.29) is 5.41 Å². The molecule has 0 aromatic rings. The summed E-state index contributed by atoms with van der Waals surface area (Å²) in [6.45, 7) is 6.45. The molecule has 16 heavy (non-hydrogen) atoms. The molecule has 0 radical (unpaired) electrons. The largest absolute Gasteiger partial charge is 0.381 e. The monoisotopic (exact) mass is 227 g/mol. The van der Waals surface area contributed by atoms with Crippen LogP contribution in [0.25, 0.3) is 0 Å². The molecule has 2 rings (SSSR count). The molecule has 1 aliphatic carbocycles. The molecule has 3 nitrogen and oxygen atoms in total. The number of nitrogens with one attached hydrogen (secondary N) is 1. The fourth-order valence-corrected chi connectivity index (χ4v) is 2.92. The van der Waals surface area contributed by atoms with Crippen molar-refractivity contribution in [3.63, 3.8) is 0 Å². The van der Waals surface area contributed by atoms with Crippen LogP contribution < -0.4 is 5.32 Å². The molecule has 2 aliphatic rings. The molecule has 1 saturated heterocycles. The summed E-state index contributed by atoms with van der Waals surface area (Å²) in [6.07, 6.45) is 5.18. The summed E-state index contributed by atoms with van der Waals surface area (Å²) in [4.78, 5) is 0. The Bertz CT molecular complexity index is 222. The lowest BCUT2D eigenvalue weighted by Gasteiger charge is -2.52. The average Bonchev–Trinajstić information content (AvgIpc) is 2.52. The first kappa shape index (κ1) is 12.3. The average molecular weight is 227 g/mol. The third-order valence-electron chi connectivity index (χ3n) is 4.35. The van der Waals surface area contributed by atoms with Crippen LogP contribution in [0.3, 0.4) is 0 Å². The van der Waals surface area contributed by atoms with Gasteiger partial charge < -0.3 is 14.8 Å². The first-order valence-corrected chi connectivity index (χ1v) is 6.51. The van der Waals surface area contributed by atoms with Crippen LogP contribution in [0.1, 0.15) is 39.5 Å². The van der Waals surface area contributed by atoms with Crippen LogP contribution in [0.4, 0.5) is 0 Å². The summed E-state index contributed by atoms with van der Waals surface area (Å²) >= 11 is 0. The Morgan fingerprint density at radius 3 is 2.75 bits per heavy atom. The van der Waals surface area contributed by atoms with E-state index < -0.39 is 0 Å². The minimum absolute atomic E-state index is 0.280. The lowest BCUT2D eigenvalue weighted by atomic mass is 9.64. The maximum Gasteiger partial charge on any atom is 0.0652 e. The molecule has 94 valence electrons. The highest BCUT2D eigenvalue weighted by Gasteiger charge is 2.48. The number of ether oxygens (including phenoxy) is 2. The van der Waals surface area contributed by atoms with Gasteiger partial charge in [0.2, 0.25) is 0 Å². The van der Waals surface area contributed by atoms with Crippen molar-refractivity contribution >= 4 is 0 Å². The smallest absolute Gasteiger partial charge is 0.0652 e. The van der Waals surface area contributed by atoms with Gasteiger partial charge in [-0.1, -0.05) is 13.8 Å². The minimum atomic E-state index is 0.280. The second-order valence-electron chi connectivity index (χ2n) is 5.74. The molecule has 1 heterocycles. The van der Waals surface area contributed by atoms with E-state index in [9.17, 15) is 0 Å². The van der Waals surface area contributed by atoms with Gasteiger partial charge in [-0.2, -0.15) is 0 Å². The van der Waals surface area contributed by atoms with E-state index in [1.165, 1.54) is 12.8 Å². The summed E-state index contributed by atoms with van der Waals surface area (Å²) in [7, 11) is 1.82. The predicted octanol–water partition coefficient (Wildman–Crippen LogP) is 1.96. The molecule has 0 bridgehead atoms. The van der Waals surface area contributed by atoms with Gasteiger partial charge in [-0.3, -0.25) is 0 Å². The molecule has 0 aromatic heterocycles. The third kappa shape index (κ3) is 2.41. The molecule has 0 aromatic carbocycles. The lowest BCUT2D eigenvalue weighted by Crippen LogP contribution is -2.62. The maximum absolute atomic E-state index is 5.49. The number of hydrogen-bond acceptors (Lipinski definition) is 3. The van der Waals surface area contributed by atoms with E-state index in [1.807, 2.05) is 7.11 Å². The molecule has 3 unspecified atom stereocenters. The van der Waals surface area contributed by atoms with Gasteiger partial charge in [-0.15, -0.1) is 0 Å². The van der Waals surface area contributed by atoms with Gasteiger partial charge in [0.05, 0.1) is 6.10 Å². The van der Waals surface area contributed by atoms with Crippen molar-refractivity contribution < 1.29 is 9.47 Å². The zero-order valence-electron chi connectivity index (χ0n) is 10.8. The van der Waals surface area contributed by atoms with Crippen LogP contribution in [-0.2, 0) is 9.47 Å². The number of methoxy groups -OCH3 is 1. The van der Waals surface area contributed by atoms with Crippen LogP contribution >= 0.6 is 0 Å². The molecular weight excluding hydrogens is 202 g/mol. The highest BCUT2D eigenvalue weighted by Crippen LogP contribution is 2.42. The van der Waals surface area contributed by atoms with Crippen LogP contribution in [-0.4, -0.2) is 38.5 Å². The van der Waals surface area contributed by atoms with Crippen LogP contribution in [0, 0.1) is 5.41 Å². The van der Waals surface area contributed by atoms with Crippen molar-refractivity contribution in [1.29, 1.82) is 0 Å². The Hall–Kier alpha value is -0.120. The zero-order chi connectivity index (χ0) is 11.6. The Morgan fingerprint density at radius 2 is 2.06 bits per heavy atom. The summed E-state index contributed by atoms with van der Waals surface area (Å²) in [5.41, 5.74) is 0.280. The van der Waals surface area contributed by atoms with E-state index in [1.54, 1.807) is 0 Å². The summed E-state index contributed by atoms with van der Waals surface area (Å²) in [6, 6.07) is 1.25. The van der Waals surface area contributed by atoms with Gasteiger partial charge >= 0.3 is 0 Å². The molecule has 0 amide bonds. The SMILES string of the molecule is COC1CC(NC2CCCOCC2)C1(C)C. The second kappa shape index (κ2) is 5.03. The van der Waals surface area contributed by atoms with Crippen molar-refractivity contribution in [3.05, 3.63) is 0 Å². The van der Waals surface area contributed by atoms with Gasteiger partial charge in [-0.05, 0) is 25.7 Å². The topological polar surface area (TPSA) is 30.5 Å². The van der Waals surface area contributed by atoms with Gasteiger partial charge in [0.25, 0.3) is 0 Å².